The molecule has 88 valence electrons. The molecule has 1 aromatic heterocycles. The lowest BCUT2D eigenvalue weighted by Crippen LogP contribution is -2.39. The van der Waals surface area contributed by atoms with Crippen molar-refractivity contribution in [2.75, 3.05) is 5.73 Å². The molecule has 2 unspecified atom stereocenters. The van der Waals surface area contributed by atoms with Gasteiger partial charge in [0.05, 0.1) is 5.69 Å². The van der Waals surface area contributed by atoms with E-state index in [1.807, 2.05) is 10.3 Å². The van der Waals surface area contributed by atoms with Gasteiger partial charge in [-0.3, -0.25) is 4.79 Å². The molecule has 16 heavy (non-hydrogen) atoms. The van der Waals surface area contributed by atoms with Crippen LogP contribution < -0.4 is 5.73 Å². The van der Waals surface area contributed by atoms with E-state index in [9.17, 15) is 4.79 Å². The van der Waals surface area contributed by atoms with Crippen LogP contribution >= 0.6 is 11.3 Å². The van der Waals surface area contributed by atoms with Gasteiger partial charge in [0.2, 0.25) is 0 Å². The van der Waals surface area contributed by atoms with E-state index < -0.39 is 0 Å². The largest absolute Gasteiger partial charge is 0.397 e. The van der Waals surface area contributed by atoms with Crippen molar-refractivity contribution in [3.8, 4) is 0 Å². The van der Waals surface area contributed by atoms with Crippen molar-refractivity contribution in [2.24, 2.45) is 0 Å². The van der Waals surface area contributed by atoms with Crippen LogP contribution in [-0.2, 0) is 0 Å². The summed E-state index contributed by atoms with van der Waals surface area (Å²) in [5.74, 6) is 0.115. The zero-order chi connectivity index (χ0) is 11.7. The van der Waals surface area contributed by atoms with Crippen LogP contribution in [-0.4, -0.2) is 22.9 Å². The number of thiophene rings is 1. The highest BCUT2D eigenvalue weighted by atomic mass is 32.1. The van der Waals surface area contributed by atoms with Gasteiger partial charge in [0.1, 0.15) is 4.88 Å². The van der Waals surface area contributed by atoms with Gasteiger partial charge in [-0.05, 0) is 37.6 Å². The molecule has 1 saturated heterocycles. The third-order valence-corrected chi connectivity index (χ3v) is 4.30. The number of anilines is 1. The number of nitrogens with two attached hydrogens (primary N) is 1. The standard InChI is InChI=1S/C12H18N2OS/c1-3-9-5-4-8(2)14(9)12(15)11-10(13)6-7-16-11/h6-9H,3-5,13H2,1-2H3. The Hall–Kier alpha value is -1.03. The van der Waals surface area contributed by atoms with Gasteiger partial charge in [-0.25, -0.2) is 0 Å². The fourth-order valence-corrected chi connectivity index (χ4v) is 3.21. The summed E-state index contributed by atoms with van der Waals surface area (Å²) in [5.41, 5.74) is 6.42. The Morgan fingerprint density at radius 2 is 2.38 bits per heavy atom. The lowest BCUT2D eigenvalue weighted by atomic mass is 10.1. The molecular weight excluding hydrogens is 220 g/mol. The Morgan fingerprint density at radius 1 is 1.62 bits per heavy atom. The average molecular weight is 238 g/mol. The first-order chi connectivity index (χ1) is 7.65. The van der Waals surface area contributed by atoms with Crippen LogP contribution in [0.5, 0.6) is 0 Å². The van der Waals surface area contributed by atoms with Crippen LogP contribution in [0.2, 0.25) is 0 Å². The summed E-state index contributed by atoms with van der Waals surface area (Å²) >= 11 is 1.44. The summed E-state index contributed by atoms with van der Waals surface area (Å²) in [7, 11) is 0. The van der Waals surface area contributed by atoms with Crippen LogP contribution in [0.4, 0.5) is 5.69 Å². The van der Waals surface area contributed by atoms with Crippen molar-refractivity contribution in [3.63, 3.8) is 0 Å². The number of hydrogen-bond acceptors (Lipinski definition) is 3. The van der Waals surface area contributed by atoms with Gasteiger partial charge in [0.25, 0.3) is 5.91 Å². The third kappa shape index (κ3) is 1.82. The molecule has 0 aliphatic carbocycles. The van der Waals surface area contributed by atoms with Gasteiger partial charge >= 0.3 is 0 Å². The number of nitrogens with zero attached hydrogens (tertiary/aromatic N) is 1. The molecule has 1 aromatic rings. The van der Waals surface area contributed by atoms with E-state index in [4.69, 9.17) is 5.73 Å². The predicted molar refractivity (Wildman–Crippen MR) is 67.7 cm³/mol. The fourth-order valence-electron chi connectivity index (χ4n) is 2.45. The molecule has 2 rings (SSSR count). The van der Waals surface area contributed by atoms with Crippen molar-refractivity contribution in [1.29, 1.82) is 0 Å². The molecular formula is C12H18N2OS. The number of likely N-dealkylation sites (tertiary alicyclic amines) is 1. The van der Waals surface area contributed by atoms with Crippen molar-refractivity contribution < 1.29 is 4.79 Å². The van der Waals surface area contributed by atoms with E-state index in [0.717, 1.165) is 19.3 Å². The molecule has 2 N–H and O–H groups in total. The van der Waals surface area contributed by atoms with Crippen molar-refractivity contribution in [1.82, 2.24) is 4.90 Å². The smallest absolute Gasteiger partial charge is 0.266 e. The lowest BCUT2D eigenvalue weighted by Gasteiger charge is -2.27. The summed E-state index contributed by atoms with van der Waals surface area (Å²) in [5, 5.41) is 1.88. The van der Waals surface area contributed by atoms with E-state index in [-0.39, 0.29) is 5.91 Å². The Morgan fingerprint density at radius 3 is 2.94 bits per heavy atom. The minimum atomic E-state index is 0.115. The molecule has 1 aliphatic rings. The Labute approximate surface area is 100 Å². The van der Waals surface area contributed by atoms with Crippen molar-refractivity contribution in [2.45, 2.75) is 45.2 Å². The summed E-state index contributed by atoms with van der Waals surface area (Å²) in [6.45, 7) is 4.26. The average Bonchev–Trinajstić information content (AvgIpc) is 2.83. The Balaban J connectivity index is 2.24. The zero-order valence-electron chi connectivity index (χ0n) is 9.77. The van der Waals surface area contributed by atoms with Crippen LogP contribution in [0, 0.1) is 0 Å². The van der Waals surface area contributed by atoms with Gasteiger partial charge in [-0.1, -0.05) is 6.92 Å². The molecule has 1 aliphatic heterocycles. The number of hydrogen-bond donors (Lipinski definition) is 1. The number of nitrogen functional groups attached to an aromatic ring is 1. The summed E-state index contributed by atoms with van der Waals surface area (Å²) in [6.07, 6.45) is 3.26. The van der Waals surface area contributed by atoms with Crippen LogP contribution in [0.15, 0.2) is 11.4 Å². The molecule has 2 heterocycles. The number of carbonyl (C=O) groups is 1. The quantitative estimate of drug-likeness (QED) is 0.861. The maximum absolute atomic E-state index is 12.4. The van der Waals surface area contributed by atoms with Crippen LogP contribution in [0.25, 0.3) is 0 Å². The summed E-state index contributed by atoms with van der Waals surface area (Å²) < 4.78 is 0. The highest BCUT2D eigenvalue weighted by Crippen LogP contribution is 2.30. The molecule has 1 amide bonds. The molecule has 4 heteroatoms. The molecule has 0 bridgehead atoms. The highest BCUT2D eigenvalue weighted by Gasteiger charge is 2.34. The number of rotatable bonds is 2. The Kier molecular flexibility index (Phi) is 3.19. The highest BCUT2D eigenvalue weighted by molar-refractivity contribution is 7.12. The molecule has 0 radical (unpaired) electrons. The van der Waals surface area contributed by atoms with E-state index in [2.05, 4.69) is 13.8 Å². The van der Waals surface area contributed by atoms with Gasteiger partial charge < -0.3 is 10.6 Å². The second kappa shape index (κ2) is 4.45. The summed E-state index contributed by atoms with van der Waals surface area (Å²) in [4.78, 5) is 15.1. The first-order valence-corrected chi connectivity index (χ1v) is 6.68. The van der Waals surface area contributed by atoms with Crippen LogP contribution in [0.3, 0.4) is 0 Å². The number of amides is 1. The van der Waals surface area contributed by atoms with E-state index >= 15 is 0 Å². The van der Waals surface area contributed by atoms with Crippen molar-refractivity contribution in [3.05, 3.63) is 16.3 Å². The molecule has 2 atom stereocenters. The molecule has 0 spiro atoms. The Bertz CT molecular complexity index is 388. The van der Waals surface area contributed by atoms with Crippen LogP contribution in [0.1, 0.15) is 42.8 Å². The summed E-state index contributed by atoms with van der Waals surface area (Å²) in [6, 6.07) is 2.54. The maximum atomic E-state index is 12.4. The van der Waals surface area contributed by atoms with Crippen molar-refractivity contribution >= 4 is 22.9 Å². The predicted octanol–water partition coefficient (Wildman–Crippen LogP) is 2.73. The van der Waals surface area contributed by atoms with E-state index in [0.29, 0.717) is 22.6 Å². The first kappa shape index (κ1) is 11.5. The number of carbonyl (C=O) groups excluding carboxylic acids is 1. The molecule has 3 nitrogen and oxygen atoms in total. The zero-order valence-corrected chi connectivity index (χ0v) is 10.6. The first-order valence-electron chi connectivity index (χ1n) is 5.80. The maximum Gasteiger partial charge on any atom is 0.266 e. The van der Waals surface area contributed by atoms with E-state index in [1.54, 1.807) is 6.07 Å². The fraction of sp³-hybridized carbons (Fsp3) is 0.583. The van der Waals surface area contributed by atoms with Gasteiger partial charge in [0, 0.05) is 12.1 Å². The SMILES string of the molecule is CCC1CCC(C)N1C(=O)c1sccc1N. The lowest BCUT2D eigenvalue weighted by molar-refractivity contribution is 0.0682. The topological polar surface area (TPSA) is 46.3 Å². The molecule has 1 fully saturated rings. The van der Waals surface area contributed by atoms with Gasteiger partial charge in [-0.2, -0.15) is 0 Å². The monoisotopic (exact) mass is 238 g/mol. The van der Waals surface area contributed by atoms with Gasteiger partial charge in [0.15, 0.2) is 0 Å². The second-order valence-corrected chi connectivity index (χ2v) is 5.32. The normalized spacial score (nSPS) is 25.0. The van der Waals surface area contributed by atoms with E-state index in [1.165, 1.54) is 11.3 Å². The van der Waals surface area contributed by atoms with Gasteiger partial charge in [-0.15, -0.1) is 11.3 Å². The molecule has 0 aromatic carbocycles. The molecule has 0 saturated carbocycles. The minimum Gasteiger partial charge on any atom is -0.397 e. The minimum absolute atomic E-state index is 0.115. The second-order valence-electron chi connectivity index (χ2n) is 4.41. The third-order valence-electron chi connectivity index (χ3n) is 3.38.